The van der Waals surface area contributed by atoms with Crippen LogP contribution in [0.4, 0.5) is 0 Å². The number of amides is 2. The second-order valence-corrected chi connectivity index (χ2v) is 8.16. The topological polar surface area (TPSA) is 61.7 Å². The van der Waals surface area contributed by atoms with Crippen molar-refractivity contribution in [1.82, 2.24) is 24.5 Å². The second kappa shape index (κ2) is 9.81. The van der Waals surface area contributed by atoms with Gasteiger partial charge in [-0.25, -0.2) is 0 Å². The number of nitrogens with zero attached hydrogens (tertiary/aromatic N) is 5. The van der Waals surface area contributed by atoms with Gasteiger partial charge in [0.15, 0.2) is 5.69 Å². The van der Waals surface area contributed by atoms with Crippen LogP contribution in [-0.4, -0.2) is 75.6 Å². The van der Waals surface area contributed by atoms with Crippen molar-refractivity contribution in [3.63, 3.8) is 0 Å². The number of carbonyl (C=O) groups is 2. The zero-order chi connectivity index (χ0) is 21.8. The number of halogens is 2. The van der Waals surface area contributed by atoms with E-state index in [0.29, 0.717) is 54.2 Å². The van der Waals surface area contributed by atoms with Crippen LogP contribution >= 0.6 is 23.2 Å². The van der Waals surface area contributed by atoms with E-state index in [1.165, 1.54) is 4.68 Å². The first kappa shape index (κ1) is 22.6. The minimum Gasteiger partial charge on any atom is -0.338 e. The lowest BCUT2D eigenvalue weighted by Crippen LogP contribution is -2.48. The summed E-state index contributed by atoms with van der Waals surface area (Å²) in [4.78, 5) is 31.3. The lowest BCUT2D eigenvalue weighted by atomic mass is 10.2. The maximum Gasteiger partial charge on any atom is 0.274 e. The monoisotopic (exact) mass is 451 g/mol. The second-order valence-electron chi connectivity index (χ2n) is 7.32. The van der Waals surface area contributed by atoms with E-state index in [0.717, 1.165) is 18.7 Å². The number of benzene rings is 1. The molecule has 1 aliphatic rings. The highest BCUT2D eigenvalue weighted by molar-refractivity contribution is 6.35. The van der Waals surface area contributed by atoms with Crippen LogP contribution in [0.3, 0.4) is 0 Å². The van der Waals surface area contributed by atoms with Gasteiger partial charge in [0.2, 0.25) is 0 Å². The highest BCUT2D eigenvalue weighted by Gasteiger charge is 2.27. The predicted molar refractivity (Wildman–Crippen MR) is 118 cm³/mol. The Morgan fingerprint density at radius 3 is 2.33 bits per heavy atom. The average Bonchev–Trinajstić information content (AvgIpc) is 3.12. The van der Waals surface area contributed by atoms with Crippen LogP contribution in [0.2, 0.25) is 10.0 Å². The van der Waals surface area contributed by atoms with Gasteiger partial charge in [0, 0.05) is 69.0 Å². The third-order valence-electron chi connectivity index (χ3n) is 5.44. The molecule has 2 amide bonds. The first-order chi connectivity index (χ1) is 14.3. The number of aromatic nitrogens is 2. The fourth-order valence-corrected chi connectivity index (χ4v) is 4.07. The molecular weight excluding hydrogens is 425 g/mol. The van der Waals surface area contributed by atoms with Gasteiger partial charge in [0.25, 0.3) is 11.8 Å². The summed E-state index contributed by atoms with van der Waals surface area (Å²) in [6.45, 7) is 8.47. The third-order valence-corrected chi connectivity index (χ3v) is 6.02. The Morgan fingerprint density at radius 2 is 1.73 bits per heavy atom. The summed E-state index contributed by atoms with van der Waals surface area (Å²) in [5.41, 5.74) is 1.76. The summed E-state index contributed by atoms with van der Waals surface area (Å²) in [7, 11) is 1.70. The Kier molecular flexibility index (Phi) is 7.39. The van der Waals surface area contributed by atoms with Gasteiger partial charge in [0.1, 0.15) is 5.69 Å². The Hall–Kier alpha value is -2.09. The third kappa shape index (κ3) is 4.96. The summed E-state index contributed by atoms with van der Waals surface area (Å²) >= 11 is 12.2. The van der Waals surface area contributed by atoms with Gasteiger partial charge in [-0.2, -0.15) is 5.10 Å². The van der Waals surface area contributed by atoms with Gasteiger partial charge in [-0.1, -0.05) is 29.3 Å². The number of hydrogen-bond donors (Lipinski definition) is 0. The zero-order valence-corrected chi connectivity index (χ0v) is 19.1. The zero-order valence-electron chi connectivity index (χ0n) is 17.6. The number of piperazine rings is 1. The van der Waals surface area contributed by atoms with Crippen molar-refractivity contribution in [3.05, 3.63) is 51.3 Å². The Bertz CT molecular complexity index is 918. The van der Waals surface area contributed by atoms with Crippen molar-refractivity contribution in [2.75, 3.05) is 39.3 Å². The molecule has 0 saturated carbocycles. The molecule has 0 radical (unpaired) electrons. The van der Waals surface area contributed by atoms with Gasteiger partial charge in [-0.3, -0.25) is 19.2 Å². The van der Waals surface area contributed by atoms with E-state index < -0.39 is 0 Å². The van der Waals surface area contributed by atoms with Gasteiger partial charge in [0.05, 0.1) is 0 Å². The molecule has 1 fully saturated rings. The summed E-state index contributed by atoms with van der Waals surface area (Å²) in [6, 6.07) is 7.12. The first-order valence-electron chi connectivity index (χ1n) is 10.1. The molecule has 30 heavy (non-hydrogen) atoms. The fourth-order valence-electron chi connectivity index (χ4n) is 3.61. The molecule has 1 aromatic carbocycles. The van der Waals surface area contributed by atoms with Gasteiger partial charge in [-0.15, -0.1) is 0 Å². The van der Waals surface area contributed by atoms with Gasteiger partial charge in [-0.05, 0) is 31.5 Å². The maximum absolute atomic E-state index is 13.0. The molecule has 0 aliphatic carbocycles. The highest BCUT2D eigenvalue weighted by Crippen LogP contribution is 2.23. The van der Waals surface area contributed by atoms with Gasteiger partial charge >= 0.3 is 0 Å². The number of aryl methyl sites for hydroxylation is 1. The van der Waals surface area contributed by atoms with Crippen molar-refractivity contribution >= 4 is 35.0 Å². The largest absolute Gasteiger partial charge is 0.338 e. The van der Waals surface area contributed by atoms with Gasteiger partial charge < -0.3 is 9.80 Å². The lowest BCUT2D eigenvalue weighted by Gasteiger charge is -2.34. The standard InChI is InChI=1S/C21H27Cl2N5O2/c1-4-27(5-2)20(29)18-13-19(25(3)24-18)21(30)28-10-8-26(9-11-28)14-15-6-7-16(22)12-17(15)23/h6-7,12-13H,4-5,8-11,14H2,1-3H3. The van der Waals surface area contributed by atoms with E-state index >= 15 is 0 Å². The van der Waals surface area contributed by atoms with Crippen LogP contribution in [-0.2, 0) is 13.6 Å². The summed E-state index contributed by atoms with van der Waals surface area (Å²) < 4.78 is 1.50. The van der Waals surface area contributed by atoms with E-state index in [1.807, 2.05) is 30.9 Å². The molecule has 0 unspecified atom stereocenters. The van der Waals surface area contributed by atoms with E-state index in [1.54, 1.807) is 24.1 Å². The van der Waals surface area contributed by atoms with Crippen LogP contribution < -0.4 is 0 Å². The van der Waals surface area contributed by atoms with Crippen molar-refractivity contribution in [1.29, 1.82) is 0 Å². The SMILES string of the molecule is CCN(CC)C(=O)c1cc(C(=O)N2CCN(Cc3ccc(Cl)cc3Cl)CC2)n(C)n1. The van der Waals surface area contributed by atoms with Crippen molar-refractivity contribution in [2.24, 2.45) is 7.05 Å². The molecule has 2 heterocycles. The molecule has 1 aliphatic heterocycles. The Morgan fingerprint density at radius 1 is 1.07 bits per heavy atom. The minimum absolute atomic E-state index is 0.104. The molecule has 0 N–H and O–H groups in total. The van der Waals surface area contributed by atoms with Crippen molar-refractivity contribution in [3.8, 4) is 0 Å². The molecule has 7 nitrogen and oxygen atoms in total. The predicted octanol–water partition coefficient (Wildman–Crippen LogP) is 3.17. The molecule has 0 atom stereocenters. The lowest BCUT2D eigenvalue weighted by molar-refractivity contribution is 0.0617. The smallest absolute Gasteiger partial charge is 0.274 e. The van der Waals surface area contributed by atoms with Crippen LogP contribution in [0, 0.1) is 0 Å². The molecule has 1 saturated heterocycles. The molecule has 3 rings (SSSR count). The molecule has 1 aromatic heterocycles. The highest BCUT2D eigenvalue weighted by atomic mass is 35.5. The molecule has 0 spiro atoms. The van der Waals surface area contributed by atoms with E-state index in [-0.39, 0.29) is 11.8 Å². The normalized spacial score (nSPS) is 14.8. The molecule has 162 valence electrons. The fraction of sp³-hybridized carbons (Fsp3) is 0.476. The van der Waals surface area contributed by atoms with E-state index in [2.05, 4.69) is 10.00 Å². The van der Waals surface area contributed by atoms with Crippen LogP contribution in [0.5, 0.6) is 0 Å². The van der Waals surface area contributed by atoms with Crippen LogP contribution in [0.15, 0.2) is 24.3 Å². The number of rotatable bonds is 6. The molecular formula is C21H27Cl2N5O2. The first-order valence-corrected chi connectivity index (χ1v) is 10.9. The molecule has 0 bridgehead atoms. The molecule has 2 aromatic rings. The van der Waals surface area contributed by atoms with E-state index in [9.17, 15) is 9.59 Å². The average molecular weight is 452 g/mol. The number of carbonyl (C=O) groups excluding carboxylic acids is 2. The quantitative estimate of drug-likeness (QED) is 0.676. The Labute approximate surface area is 187 Å². The minimum atomic E-state index is -0.153. The number of hydrogen-bond acceptors (Lipinski definition) is 4. The van der Waals surface area contributed by atoms with Crippen LogP contribution in [0.25, 0.3) is 0 Å². The van der Waals surface area contributed by atoms with E-state index in [4.69, 9.17) is 23.2 Å². The van der Waals surface area contributed by atoms with Crippen molar-refractivity contribution < 1.29 is 9.59 Å². The van der Waals surface area contributed by atoms with Crippen LogP contribution in [0.1, 0.15) is 40.4 Å². The Balaban J connectivity index is 1.62. The summed E-state index contributed by atoms with van der Waals surface area (Å²) in [6.07, 6.45) is 0. The maximum atomic E-state index is 13.0. The van der Waals surface area contributed by atoms with Crippen molar-refractivity contribution in [2.45, 2.75) is 20.4 Å². The summed E-state index contributed by atoms with van der Waals surface area (Å²) in [5.74, 6) is -0.257. The molecule has 9 heteroatoms. The summed E-state index contributed by atoms with van der Waals surface area (Å²) in [5, 5.41) is 5.55.